The van der Waals surface area contributed by atoms with Crippen molar-refractivity contribution in [1.29, 1.82) is 0 Å². The van der Waals surface area contributed by atoms with Gasteiger partial charge in [0.15, 0.2) is 11.6 Å². The van der Waals surface area contributed by atoms with Gasteiger partial charge in [-0.15, -0.1) is 0 Å². The molecule has 134 valence electrons. The molecule has 3 rings (SSSR count). The van der Waals surface area contributed by atoms with Gasteiger partial charge in [-0.3, -0.25) is 9.59 Å². The van der Waals surface area contributed by atoms with Crippen molar-refractivity contribution in [2.45, 2.75) is 26.9 Å². The SMILES string of the molecule is CCN(CC)C(=O)OC(C)c1ccc2c(c1)C(=O)c1ccccc1C2=O. The van der Waals surface area contributed by atoms with Gasteiger partial charge in [-0.2, -0.15) is 0 Å². The van der Waals surface area contributed by atoms with Crippen molar-refractivity contribution in [3.63, 3.8) is 0 Å². The highest BCUT2D eigenvalue weighted by atomic mass is 16.6. The van der Waals surface area contributed by atoms with E-state index in [1.54, 1.807) is 54.3 Å². The predicted molar refractivity (Wildman–Crippen MR) is 97.6 cm³/mol. The third-order valence-electron chi connectivity index (χ3n) is 4.72. The maximum Gasteiger partial charge on any atom is 0.410 e. The normalized spacial score (nSPS) is 13.7. The molecule has 1 amide bonds. The van der Waals surface area contributed by atoms with Crippen molar-refractivity contribution in [3.05, 3.63) is 70.3 Å². The van der Waals surface area contributed by atoms with Crippen LogP contribution in [-0.2, 0) is 4.74 Å². The lowest BCUT2D eigenvalue weighted by molar-refractivity contribution is 0.0725. The van der Waals surface area contributed by atoms with Gasteiger partial charge in [0, 0.05) is 35.3 Å². The summed E-state index contributed by atoms with van der Waals surface area (Å²) in [5.74, 6) is -0.339. The Bertz CT molecular complexity index is 883. The van der Waals surface area contributed by atoms with E-state index in [1.807, 2.05) is 13.8 Å². The summed E-state index contributed by atoms with van der Waals surface area (Å²) in [4.78, 5) is 39.1. The molecule has 0 bridgehead atoms. The minimum Gasteiger partial charge on any atom is -0.442 e. The number of benzene rings is 2. The smallest absolute Gasteiger partial charge is 0.410 e. The Morgan fingerprint density at radius 3 is 2.04 bits per heavy atom. The molecule has 1 aliphatic carbocycles. The lowest BCUT2D eigenvalue weighted by Gasteiger charge is -2.23. The number of ketones is 2. The van der Waals surface area contributed by atoms with Crippen LogP contribution in [0, 0.1) is 0 Å². The number of fused-ring (bicyclic) bond motifs is 2. The Kier molecular flexibility index (Phi) is 4.89. The number of carbonyl (C=O) groups is 3. The maximum atomic E-state index is 12.8. The second-order valence-corrected chi connectivity index (χ2v) is 6.21. The van der Waals surface area contributed by atoms with Gasteiger partial charge in [-0.25, -0.2) is 4.79 Å². The predicted octanol–water partition coefficient (Wildman–Crippen LogP) is 4.00. The summed E-state index contributed by atoms with van der Waals surface area (Å²) < 4.78 is 5.49. The van der Waals surface area contributed by atoms with Crippen LogP contribution in [-0.4, -0.2) is 35.6 Å². The van der Waals surface area contributed by atoms with Crippen LogP contribution in [0.5, 0.6) is 0 Å². The van der Waals surface area contributed by atoms with Gasteiger partial charge in [0.2, 0.25) is 0 Å². The zero-order valence-electron chi connectivity index (χ0n) is 15.1. The third kappa shape index (κ3) is 3.01. The summed E-state index contributed by atoms with van der Waals surface area (Å²) >= 11 is 0. The minimum atomic E-state index is -0.520. The van der Waals surface area contributed by atoms with Crippen LogP contribution in [0.1, 0.15) is 64.3 Å². The van der Waals surface area contributed by atoms with Crippen LogP contribution < -0.4 is 0 Å². The fraction of sp³-hybridized carbons (Fsp3) is 0.286. The van der Waals surface area contributed by atoms with E-state index in [2.05, 4.69) is 0 Å². The van der Waals surface area contributed by atoms with E-state index in [0.29, 0.717) is 40.9 Å². The molecule has 0 saturated carbocycles. The van der Waals surface area contributed by atoms with Gasteiger partial charge in [-0.05, 0) is 38.5 Å². The second kappa shape index (κ2) is 7.12. The number of amides is 1. The molecule has 0 fully saturated rings. The van der Waals surface area contributed by atoms with Gasteiger partial charge in [-0.1, -0.05) is 30.3 Å². The van der Waals surface area contributed by atoms with Gasteiger partial charge < -0.3 is 9.64 Å². The molecule has 5 nitrogen and oxygen atoms in total. The lowest BCUT2D eigenvalue weighted by atomic mass is 9.83. The summed E-state index contributed by atoms with van der Waals surface area (Å²) in [6.07, 6.45) is -0.915. The Hall–Kier alpha value is -2.95. The molecule has 0 heterocycles. The molecule has 0 aromatic heterocycles. The fourth-order valence-electron chi connectivity index (χ4n) is 3.15. The Morgan fingerprint density at radius 1 is 0.923 bits per heavy atom. The van der Waals surface area contributed by atoms with E-state index in [1.165, 1.54) is 0 Å². The summed E-state index contributed by atoms with van der Waals surface area (Å²) in [6, 6.07) is 11.9. The molecule has 0 spiro atoms. The van der Waals surface area contributed by atoms with Crippen LogP contribution in [0.2, 0.25) is 0 Å². The standard InChI is InChI=1S/C21H21NO4/c1-4-22(5-2)21(25)26-13(3)14-10-11-17-18(12-14)20(24)16-9-7-6-8-15(16)19(17)23/h6-13H,4-5H2,1-3H3. The number of hydrogen-bond acceptors (Lipinski definition) is 4. The zero-order valence-corrected chi connectivity index (χ0v) is 15.1. The molecule has 1 aliphatic rings. The number of ether oxygens (including phenoxy) is 1. The van der Waals surface area contributed by atoms with Gasteiger partial charge in [0.25, 0.3) is 0 Å². The van der Waals surface area contributed by atoms with Crippen molar-refractivity contribution < 1.29 is 19.1 Å². The first-order valence-electron chi connectivity index (χ1n) is 8.75. The molecule has 2 aromatic rings. The molecule has 1 atom stereocenters. The van der Waals surface area contributed by atoms with Crippen LogP contribution >= 0.6 is 0 Å². The van der Waals surface area contributed by atoms with Crippen molar-refractivity contribution >= 4 is 17.7 Å². The average Bonchev–Trinajstić information content (AvgIpc) is 2.66. The molecule has 2 aromatic carbocycles. The first-order valence-corrected chi connectivity index (χ1v) is 8.75. The Balaban J connectivity index is 1.91. The average molecular weight is 351 g/mol. The molecular formula is C21H21NO4. The van der Waals surface area contributed by atoms with Crippen molar-refractivity contribution in [1.82, 2.24) is 4.90 Å². The first-order chi connectivity index (χ1) is 12.5. The molecule has 0 saturated heterocycles. The maximum absolute atomic E-state index is 12.8. The molecule has 26 heavy (non-hydrogen) atoms. The van der Waals surface area contributed by atoms with Crippen molar-refractivity contribution in [2.75, 3.05) is 13.1 Å². The first kappa shape index (κ1) is 17.9. The van der Waals surface area contributed by atoms with Crippen molar-refractivity contribution in [3.8, 4) is 0 Å². The topological polar surface area (TPSA) is 63.7 Å². The van der Waals surface area contributed by atoms with E-state index in [4.69, 9.17) is 4.74 Å². The van der Waals surface area contributed by atoms with E-state index in [9.17, 15) is 14.4 Å². The number of carbonyl (C=O) groups excluding carboxylic acids is 3. The monoisotopic (exact) mass is 351 g/mol. The number of nitrogens with zero attached hydrogens (tertiary/aromatic N) is 1. The van der Waals surface area contributed by atoms with Crippen LogP contribution in [0.15, 0.2) is 42.5 Å². The van der Waals surface area contributed by atoms with Crippen LogP contribution in [0.3, 0.4) is 0 Å². The summed E-state index contributed by atoms with van der Waals surface area (Å²) in [5.41, 5.74) is 2.27. The van der Waals surface area contributed by atoms with Crippen molar-refractivity contribution in [2.24, 2.45) is 0 Å². The fourth-order valence-corrected chi connectivity index (χ4v) is 3.15. The summed E-state index contributed by atoms with van der Waals surface area (Å²) in [5, 5.41) is 0. The highest BCUT2D eigenvalue weighted by Crippen LogP contribution is 2.30. The molecular weight excluding hydrogens is 330 g/mol. The zero-order chi connectivity index (χ0) is 18.8. The molecule has 0 aliphatic heterocycles. The largest absolute Gasteiger partial charge is 0.442 e. The molecule has 0 radical (unpaired) electrons. The lowest BCUT2D eigenvalue weighted by Crippen LogP contribution is -2.31. The van der Waals surface area contributed by atoms with E-state index >= 15 is 0 Å². The molecule has 0 N–H and O–H groups in total. The van der Waals surface area contributed by atoms with Gasteiger partial charge >= 0.3 is 6.09 Å². The third-order valence-corrected chi connectivity index (χ3v) is 4.72. The highest BCUT2D eigenvalue weighted by Gasteiger charge is 2.30. The second-order valence-electron chi connectivity index (χ2n) is 6.21. The summed E-state index contributed by atoms with van der Waals surface area (Å²) in [6.45, 7) is 6.66. The summed E-state index contributed by atoms with van der Waals surface area (Å²) in [7, 11) is 0. The number of hydrogen-bond donors (Lipinski definition) is 0. The Morgan fingerprint density at radius 2 is 1.46 bits per heavy atom. The number of rotatable bonds is 4. The highest BCUT2D eigenvalue weighted by molar-refractivity contribution is 6.28. The van der Waals surface area contributed by atoms with E-state index in [0.717, 1.165) is 0 Å². The quantitative estimate of drug-likeness (QED) is 0.713. The van der Waals surface area contributed by atoms with Gasteiger partial charge in [0.1, 0.15) is 6.10 Å². The minimum absolute atomic E-state index is 0.158. The van der Waals surface area contributed by atoms with E-state index < -0.39 is 12.2 Å². The molecule has 5 heteroatoms. The van der Waals surface area contributed by atoms with E-state index in [-0.39, 0.29) is 11.6 Å². The molecule has 1 unspecified atom stereocenters. The van der Waals surface area contributed by atoms with Crippen LogP contribution in [0.25, 0.3) is 0 Å². The van der Waals surface area contributed by atoms with Crippen LogP contribution in [0.4, 0.5) is 4.79 Å². The Labute approximate surface area is 152 Å². The van der Waals surface area contributed by atoms with Gasteiger partial charge in [0.05, 0.1) is 0 Å².